The number of hydrogen-bond donors (Lipinski definition) is 0. The van der Waals surface area contributed by atoms with Crippen molar-refractivity contribution >= 4 is 0 Å². The van der Waals surface area contributed by atoms with E-state index < -0.39 is 17.9 Å². The summed E-state index contributed by atoms with van der Waals surface area (Å²) in [6.45, 7) is 11.2. The summed E-state index contributed by atoms with van der Waals surface area (Å²) in [5.41, 5.74) is 0. The molecule has 0 aromatic rings. The normalized spacial score (nSPS) is 34.1. The van der Waals surface area contributed by atoms with Crippen molar-refractivity contribution in [3.05, 3.63) is 0 Å². The average Bonchev–Trinajstić information content (AvgIpc) is 3.16. The summed E-state index contributed by atoms with van der Waals surface area (Å²) >= 11 is 0. The zero-order chi connectivity index (χ0) is 21.6. The van der Waals surface area contributed by atoms with Gasteiger partial charge in [-0.05, 0) is 34.1 Å². The van der Waals surface area contributed by atoms with Crippen LogP contribution in [0.15, 0.2) is 0 Å². The van der Waals surface area contributed by atoms with Gasteiger partial charge in [-0.25, -0.2) is 0 Å². The number of unbranched alkanes of at least 4 members (excludes halogenated alkanes) is 9. The van der Waals surface area contributed by atoms with E-state index in [1.807, 2.05) is 27.7 Å². The predicted octanol–water partition coefficient (Wildman–Crippen LogP) is 5.32. The van der Waals surface area contributed by atoms with Gasteiger partial charge in [0, 0.05) is 6.61 Å². The van der Waals surface area contributed by atoms with Crippen molar-refractivity contribution in [2.75, 3.05) is 13.2 Å². The lowest BCUT2D eigenvalue weighted by Crippen LogP contribution is -2.56. The maximum atomic E-state index is 6.18. The Bertz CT molecular complexity index is 508. The van der Waals surface area contributed by atoms with Gasteiger partial charge in [0.2, 0.25) is 0 Å². The van der Waals surface area contributed by atoms with Gasteiger partial charge in [0.05, 0.1) is 6.61 Å². The molecule has 176 valence electrons. The Kier molecular flexibility index (Phi) is 9.00. The molecule has 3 fully saturated rings. The molecule has 0 N–H and O–H groups in total. The monoisotopic (exact) mass is 428 g/mol. The van der Waals surface area contributed by atoms with Gasteiger partial charge in [0.15, 0.2) is 17.9 Å². The minimum atomic E-state index is -0.679. The molecule has 30 heavy (non-hydrogen) atoms. The first-order chi connectivity index (χ1) is 14.3. The van der Waals surface area contributed by atoms with Crippen LogP contribution in [0, 0.1) is 0 Å². The number of fused-ring (bicyclic) bond motifs is 3. The van der Waals surface area contributed by atoms with Crippen molar-refractivity contribution in [3.63, 3.8) is 0 Å². The molecule has 6 heteroatoms. The van der Waals surface area contributed by atoms with E-state index in [9.17, 15) is 0 Å². The van der Waals surface area contributed by atoms with E-state index in [0.29, 0.717) is 6.61 Å². The Morgan fingerprint density at radius 2 is 1.17 bits per heavy atom. The molecule has 0 amide bonds. The van der Waals surface area contributed by atoms with E-state index in [0.717, 1.165) is 13.0 Å². The van der Waals surface area contributed by atoms with E-state index in [4.69, 9.17) is 28.4 Å². The maximum absolute atomic E-state index is 6.18. The molecular formula is C24H44O6. The maximum Gasteiger partial charge on any atom is 0.190 e. The summed E-state index contributed by atoms with van der Waals surface area (Å²) in [5.74, 6) is -1.33. The first kappa shape index (κ1) is 24.4. The molecule has 3 heterocycles. The first-order valence-electron chi connectivity index (χ1n) is 12.3. The van der Waals surface area contributed by atoms with Crippen LogP contribution < -0.4 is 0 Å². The number of hydrogen-bond acceptors (Lipinski definition) is 6. The van der Waals surface area contributed by atoms with Gasteiger partial charge in [-0.15, -0.1) is 0 Å². The lowest BCUT2D eigenvalue weighted by molar-refractivity contribution is -0.243. The molecule has 3 aliphatic rings. The standard InChI is InChI=1S/C24H44O6/c1-6-7-8-9-10-11-12-13-14-15-16-25-17-18-19-20(28-23(2,3)27-19)21-22(26-18)30-24(4,5)29-21/h18-22H,6-17H2,1-5H3/t18-,19-,20+,21-,22-/m1/s1. The fraction of sp³-hybridized carbons (Fsp3) is 1.00. The molecule has 0 spiro atoms. The van der Waals surface area contributed by atoms with Crippen molar-refractivity contribution in [3.8, 4) is 0 Å². The van der Waals surface area contributed by atoms with Crippen LogP contribution >= 0.6 is 0 Å². The van der Waals surface area contributed by atoms with E-state index in [1.165, 1.54) is 57.8 Å². The second-order valence-corrected chi connectivity index (χ2v) is 9.96. The minimum absolute atomic E-state index is 0.202. The number of ether oxygens (including phenoxy) is 6. The zero-order valence-corrected chi connectivity index (χ0v) is 19.8. The van der Waals surface area contributed by atoms with Crippen molar-refractivity contribution in [1.82, 2.24) is 0 Å². The lowest BCUT2D eigenvalue weighted by Gasteiger charge is -2.37. The number of rotatable bonds is 13. The smallest absolute Gasteiger partial charge is 0.190 e. The van der Waals surface area contributed by atoms with Crippen LogP contribution in [-0.4, -0.2) is 55.5 Å². The van der Waals surface area contributed by atoms with Crippen LogP contribution in [0.3, 0.4) is 0 Å². The molecule has 0 radical (unpaired) electrons. The zero-order valence-electron chi connectivity index (χ0n) is 19.8. The van der Waals surface area contributed by atoms with E-state index in [1.54, 1.807) is 0 Å². The highest BCUT2D eigenvalue weighted by Gasteiger charge is 2.60. The molecule has 0 aliphatic carbocycles. The van der Waals surface area contributed by atoms with Gasteiger partial charge in [-0.3, -0.25) is 0 Å². The highest BCUT2D eigenvalue weighted by atomic mass is 16.9. The molecule has 6 nitrogen and oxygen atoms in total. The Balaban J connectivity index is 1.31. The summed E-state index contributed by atoms with van der Waals surface area (Å²) in [6, 6.07) is 0. The molecule has 5 atom stereocenters. The topological polar surface area (TPSA) is 55.4 Å². The second-order valence-electron chi connectivity index (χ2n) is 9.96. The molecule has 0 aromatic heterocycles. The quantitative estimate of drug-likeness (QED) is 0.370. The third-order valence-electron chi connectivity index (χ3n) is 6.18. The van der Waals surface area contributed by atoms with Gasteiger partial charge < -0.3 is 28.4 Å². The molecular weight excluding hydrogens is 384 g/mol. The largest absolute Gasteiger partial charge is 0.379 e. The van der Waals surface area contributed by atoms with Gasteiger partial charge in [-0.1, -0.05) is 64.7 Å². The van der Waals surface area contributed by atoms with Crippen LogP contribution in [-0.2, 0) is 28.4 Å². The van der Waals surface area contributed by atoms with Crippen molar-refractivity contribution in [1.29, 1.82) is 0 Å². The fourth-order valence-corrected chi connectivity index (χ4v) is 4.72. The molecule has 0 saturated carbocycles. The Labute approximate surface area is 183 Å². The van der Waals surface area contributed by atoms with Crippen molar-refractivity contribution < 1.29 is 28.4 Å². The van der Waals surface area contributed by atoms with E-state index in [2.05, 4.69) is 6.92 Å². The van der Waals surface area contributed by atoms with E-state index in [-0.39, 0.29) is 24.4 Å². The summed E-state index contributed by atoms with van der Waals surface area (Å²) < 4.78 is 36.4. The second kappa shape index (κ2) is 11.1. The third-order valence-corrected chi connectivity index (χ3v) is 6.18. The van der Waals surface area contributed by atoms with Crippen molar-refractivity contribution in [2.45, 2.75) is 141 Å². The molecule has 0 aromatic carbocycles. The fourth-order valence-electron chi connectivity index (χ4n) is 4.72. The van der Waals surface area contributed by atoms with Gasteiger partial charge in [-0.2, -0.15) is 0 Å². The van der Waals surface area contributed by atoms with Crippen LogP contribution in [0.25, 0.3) is 0 Å². The van der Waals surface area contributed by atoms with Crippen LogP contribution in [0.1, 0.15) is 98.8 Å². The van der Waals surface area contributed by atoms with Crippen LogP contribution in [0.5, 0.6) is 0 Å². The highest BCUT2D eigenvalue weighted by molar-refractivity contribution is 5.00. The SMILES string of the molecule is CCCCCCCCCCCCOC[C@H]1O[C@@H]2OC(C)(C)O[C@@H]2[C@H]2OC(C)(C)O[C@@H]21. The molecule has 3 aliphatic heterocycles. The van der Waals surface area contributed by atoms with Crippen LogP contribution in [0.4, 0.5) is 0 Å². The molecule has 3 saturated heterocycles. The lowest BCUT2D eigenvalue weighted by atomic mass is 9.99. The summed E-state index contributed by atoms with van der Waals surface area (Å²) in [6.07, 6.45) is 11.9. The average molecular weight is 429 g/mol. The first-order valence-corrected chi connectivity index (χ1v) is 12.3. The minimum Gasteiger partial charge on any atom is -0.379 e. The Morgan fingerprint density at radius 1 is 0.633 bits per heavy atom. The van der Waals surface area contributed by atoms with Gasteiger partial charge in [0.1, 0.15) is 24.4 Å². The Morgan fingerprint density at radius 3 is 1.83 bits per heavy atom. The van der Waals surface area contributed by atoms with Gasteiger partial charge >= 0.3 is 0 Å². The van der Waals surface area contributed by atoms with Gasteiger partial charge in [0.25, 0.3) is 0 Å². The summed E-state index contributed by atoms with van der Waals surface area (Å²) in [4.78, 5) is 0. The molecule has 0 bridgehead atoms. The molecule has 3 rings (SSSR count). The summed E-state index contributed by atoms with van der Waals surface area (Å²) in [5, 5.41) is 0. The molecule has 0 unspecified atom stereocenters. The third kappa shape index (κ3) is 6.88. The predicted molar refractivity (Wildman–Crippen MR) is 115 cm³/mol. The van der Waals surface area contributed by atoms with E-state index >= 15 is 0 Å². The summed E-state index contributed by atoms with van der Waals surface area (Å²) in [7, 11) is 0. The highest BCUT2D eigenvalue weighted by Crippen LogP contribution is 2.44. The van der Waals surface area contributed by atoms with Crippen LogP contribution in [0.2, 0.25) is 0 Å². The Hall–Kier alpha value is -0.240. The van der Waals surface area contributed by atoms with Crippen molar-refractivity contribution in [2.24, 2.45) is 0 Å².